The molecular weight excluding hydrogens is 546 g/mol. The van der Waals surface area contributed by atoms with Crippen LogP contribution in [0.3, 0.4) is 0 Å². The first-order valence-corrected chi connectivity index (χ1v) is 11.5. The molecule has 0 aliphatic heterocycles. The Morgan fingerprint density at radius 3 is 2.35 bits per heavy atom. The normalized spacial score (nSPS) is 12.3. The van der Waals surface area contributed by atoms with E-state index < -0.39 is 83.3 Å². The monoisotopic (exact) mass is 567 g/mol. The zero-order chi connectivity index (χ0) is 29.6. The minimum Gasteiger partial charge on any atom is -0.481 e. The van der Waals surface area contributed by atoms with Gasteiger partial charge in [-0.1, -0.05) is 6.92 Å². The van der Waals surface area contributed by atoms with Crippen molar-refractivity contribution < 1.29 is 51.0 Å². The molecule has 1 aromatic carbocycles. The number of halogens is 4. The van der Waals surface area contributed by atoms with E-state index in [1.807, 2.05) is 0 Å². The van der Waals surface area contributed by atoms with Gasteiger partial charge >= 0.3 is 5.97 Å². The fourth-order valence-corrected chi connectivity index (χ4v) is 3.56. The van der Waals surface area contributed by atoms with Gasteiger partial charge in [0.2, 0.25) is 17.5 Å². The van der Waals surface area contributed by atoms with Gasteiger partial charge in [-0.2, -0.15) is 8.78 Å². The van der Waals surface area contributed by atoms with Crippen molar-refractivity contribution in [3.63, 3.8) is 0 Å². The number of carbonyl (C=O) groups excluding carboxylic acids is 3. The Kier molecular flexibility index (Phi) is 9.42. The predicted molar refractivity (Wildman–Crippen MR) is 128 cm³/mol. The lowest BCUT2D eigenvalue weighted by Gasteiger charge is -2.22. The summed E-state index contributed by atoms with van der Waals surface area (Å²) in [4.78, 5) is 62.2. The highest BCUT2D eigenvalue weighted by molar-refractivity contribution is 6.03. The van der Waals surface area contributed by atoms with E-state index in [9.17, 15) is 46.6 Å². The van der Waals surface area contributed by atoms with Crippen molar-refractivity contribution >= 4 is 29.3 Å². The third-order valence-electron chi connectivity index (χ3n) is 5.55. The van der Waals surface area contributed by atoms with Gasteiger partial charge in [-0.15, -0.1) is 0 Å². The number of benzene rings is 1. The Labute approximate surface area is 222 Å². The Balaban J connectivity index is 1.79. The van der Waals surface area contributed by atoms with E-state index in [-0.39, 0.29) is 23.7 Å². The summed E-state index contributed by atoms with van der Waals surface area (Å²) in [5.41, 5.74) is -0.875. The van der Waals surface area contributed by atoms with Gasteiger partial charge in [0.15, 0.2) is 23.2 Å². The molecule has 0 radical (unpaired) electrons. The van der Waals surface area contributed by atoms with Crippen LogP contribution in [0.1, 0.15) is 36.2 Å². The number of aliphatic carboxylic acids is 1. The Hall–Kier alpha value is -4.95. The Morgan fingerprint density at radius 2 is 1.77 bits per heavy atom. The van der Waals surface area contributed by atoms with Gasteiger partial charge in [0.1, 0.15) is 30.6 Å². The third kappa shape index (κ3) is 6.73. The maximum Gasteiger partial charge on any atom is 0.305 e. The van der Waals surface area contributed by atoms with Crippen LogP contribution in [0.2, 0.25) is 0 Å². The summed E-state index contributed by atoms with van der Waals surface area (Å²) in [6, 6.07) is 0.812. The summed E-state index contributed by atoms with van der Waals surface area (Å²) in [7, 11) is 0. The predicted octanol–water partition coefficient (Wildman–Crippen LogP) is 2.81. The van der Waals surface area contributed by atoms with Crippen LogP contribution in [0, 0.1) is 23.3 Å². The molecule has 3 aromatic rings. The zero-order valence-corrected chi connectivity index (χ0v) is 20.6. The van der Waals surface area contributed by atoms with E-state index in [0.717, 1.165) is 10.8 Å². The molecule has 2 unspecified atom stereocenters. The van der Waals surface area contributed by atoms with Crippen molar-refractivity contribution in [3.05, 3.63) is 82.2 Å². The van der Waals surface area contributed by atoms with Crippen LogP contribution in [0.15, 0.2) is 52.2 Å². The van der Waals surface area contributed by atoms with Crippen LogP contribution in [-0.2, 0) is 14.4 Å². The molecule has 3 rings (SSSR count). The van der Waals surface area contributed by atoms with E-state index in [0.29, 0.717) is 0 Å². The Morgan fingerprint density at radius 1 is 1.10 bits per heavy atom. The maximum absolute atomic E-state index is 13.8. The molecule has 212 valence electrons. The lowest BCUT2D eigenvalue weighted by atomic mass is 10.1. The van der Waals surface area contributed by atoms with Crippen molar-refractivity contribution in [2.24, 2.45) is 0 Å². The molecule has 0 fully saturated rings. The average molecular weight is 567 g/mol. The first kappa shape index (κ1) is 29.6. The Bertz CT molecular complexity index is 1460. The van der Waals surface area contributed by atoms with Gasteiger partial charge in [-0.05, 0) is 24.6 Å². The van der Waals surface area contributed by atoms with E-state index in [1.165, 1.54) is 37.6 Å². The highest BCUT2D eigenvalue weighted by Crippen LogP contribution is 2.26. The molecule has 2 aromatic heterocycles. The number of ether oxygens (including phenoxy) is 1. The molecule has 11 nitrogen and oxygen atoms in total. The van der Waals surface area contributed by atoms with Gasteiger partial charge in [0.25, 0.3) is 11.5 Å². The zero-order valence-electron chi connectivity index (χ0n) is 20.6. The summed E-state index contributed by atoms with van der Waals surface area (Å²) < 4.78 is 64.8. The number of carboxylic acid groups (broad SMARTS) is 1. The second kappa shape index (κ2) is 12.7. The number of carbonyl (C=O) groups is 4. The fraction of sp³-hybridized carbons (Fsp3) is 0.240. The van der Waals surface area contributed by atoms with E-state index in [1.54, 1.807) is 0 Å². The van der Waals surface area contributed by atoms with Crippen LogP contribution < -0.4 is 20.9 Å². The highest BCUT2D eigenvalue weighted by Gasteiger charge is 2.30. The van der Waals surface area contributed by atoms with Crippen molar-refractivity contribution in [1.82, 2.24) is 9.88 Å². The molecule has 0 aliphatic carbocycles. The molecule has 0 saturated heterocycles. The number of pyridine rings is 1. The van der Waals surface area contributed by atoms with Gasteiger partial charge in [-0.25, -0.2) is 8.78 Å². The van der Waals surface area contributed by atoms with Crippen molar-refractivity contribution in [2.75, 3.05) is 11.9 Å². The van der Waals surface area contributed by atoms with Gasteiger partial charge < -0.3 is 29.5 Å². The number of nitrogens with zero attached hydrogens (tertiary/aromatic N) is 1. The summed E-state index contributed by atoms with van der Waals surface area (Å²) in [6.45, 7) is 0.246. The highest BCUT2D eigenvalue weighted by atomic mass is 19.2. The second-order valence-corrected chi connectivity index (χ2v) is 8.24. The van der Waals surface area contributed by atoms with Crippen molar-refractivity contribution in [3.8, 4) is 5.75 Å². The number of amides is 2. The molecular formula is C25H21F4N3O8. The summed E-state index contributed by atoms with van der Waals surface area (Å²) >= 11 is 0. The van der Waals surface area contributed by atoms with E-state index in [2.05, 4.69) is 15.4 Å². The number of hydrogen-bond acceptors (Lipinski definition) is 7. The molecule has 2 atom stereocenters. The number of nitrogens with one attached hydrogen (secondary N) is 2. The van der Waals surface area contributed by atoms with Gasteiger partial charge in [-0.3, -0.25) is 24.0 Å². The second-order valence-electron chi connectivity index (χ2n) is 8.24. The van der Waals surface area contributed by atoms with E-state index in [4.69, 9.17) is 4.42 Å². The quantitative estimate of drug-likeness (QED) is 0.223. The van der Waals surface area contributed by atoms with Crippen molar-refractivity contribution in [1.29, 1.82) is 0 Å². The van der Waals surface area contributed by atoms with Crippen LogP contribution in [0.4, 0.5) is 23.2 Å². The lowest BCUT2D eigenvalue weighted by Crippen LogP contribution is -2.48. The number of Topliss-reactive ketones (excluding diaryl/α,β-unsaturated/α-hetero) is 1. The van der Waals surface area contributed by atoms with Gasteiger partial charge in [0, 0.05) is 12.3 Å². The fourth-order valence-electron chi connectivity index (χ4n) is 3.56. The summed E-state index contributed by atoms with van der Waals surface area (Å²) in [5, 5.41) is 13.7. The van der Waals surface area contributed by atoms with E-state index >= 15 is 0 Å². The maximum atomic E-state index is 13.8. The molecule has 0 saturated carbocycles. The van der Waals surface area contributed by atoms with Crippen molar-refractivity contribution in [2.45, 2.75) is 31.8 Å². The smallest absolute Gasteiger partial charge is 0.305 e. The summed E-state index contributed by atoms with van der Waals surface area (Å²) in [5.74, 6) is -13.4. The number of rotatable bonds is 12. The number of anilines is 1. The SMILES string of the molecule is CCC(C(=O)NC(CC(=O)O)C(=O)COc1c(F)c(F)cc(F)c1F)n1cccc(NC(=O)c2ccoc2)c1=O. The largest absolute Gasteiger partial charge is 0.481 e. The molecule has 2 heterocycles. The minimum absolute atomic E-state index is 0.0334. The first-order valence-electron chi connectivity index (χ1n) is 11.5. The average Bonchev–Trinajstić information content (AvgIpc) is 3.44. The number of aromatic nitrogens is 1. The van der Waals surface area contributed by atoms with Crippen LogP contribution in [0.5, 0.6) is 5.75 Å². The molecule has 40 heavy (non-hydrogen) atoms. The van der Waals surface area contributed by atoms with Crippen LogP contribution in [-0.4, -0.2) is 45.9 Å². The topological polar surface area (TPSA) is 157 Å². The number of hydrogen-bond donors (Lipinski definition) is 3. The molecule has 15 heteroatoms. The first-order chi connectivity index (χ1) is 18.9. The molecule has 3 N–H and O–H groups in total. The van der Waals surface area contributed by atoms with Crippen LogP contribution >= 0.6 is 0 Å². The minimum atomic E-state index is -1.92. The number of ketones is 1. The lowest BCUT2D eigenvalue weighted by molar-refractivity contribution is -0.140. The number of furan rings is 1. The standard InChI is InChI=1S/C25H21F4N3O8/c1-2-17(32-6-3-4-15(25(32)38)30-23(36)12-5-7-39-10-12)24(37)31-16(9-19(34)35)18(33)11-40-22-20(28)13(26)8-14(27)21(22)29/h3-8,10,16-17H,2,9,11H2,1H3,(H,30,36)(H,31,37)(H,34,35). The molecule has 0 spiro atoms. The van der Waals surface area contributed by atoms with Crippen LogP contribution in [0.25, 0.3) is 0 Å². The van der Waals surface area contributed by atoms with Gasteiger partial charge in [0.05, 0.1) is 18.2 Å². The number of carboxylic acids is 1. The molecule has 2 amide bonds. The molecule has 0 bridgehead atoms. The molecule has 0 aliphatic rings. The summed E-state index contributed by atoms with van der Waals surface area (Å²) in [6.07, 6.45) is 2.59. The third-order valence-corrected chi connectivity index (χ3v) is 5.55.